The summed E-state index contributed by atoms with van der Waals surface area (Å²) >= 11 is 6.47. The van der Waals surface area contributed by atoms with Crippen molar-refractivity contribution in [3.63, 3.8) is 0 Å². The maximum atomic E-state index is 6.47. The third kappa shape index (κ3) is 6.80. The number of likely N-dealkylation sites (N-methyl/N-ethyl adjacent to an activating group) is 1. The van der Waals surface area contributed by atoms with E-state index in [9.17, 15) is 0 Å². The Labute approximate surface area is 173 Å². The largest absolute Gasteiger partial charge is 0.383 e. The van der Waals surface area contributed by atoms with Gasteiger partial charge in [0.2, 0.25) is 0 Å². The molecule has 1 aliphatic heterocycles. The number of guanidine groups is 1. The first kappa shape index (κ1) is 22.3. The molecule has 0 bridgehead atoms. The Morgan fingerprint density at radius 3 is 2.60 bits per heavy atom. The second-order valence-corrected chi connectivity index (χ2v) is 6.28. The van der Waals surface area contributed by atoms with Gasteiger partial charge in [-0.2, -0.15) is 0 Å². The van der Waals surface area contributed by atoms with Crippen LogP contribution in [-0.4, -0.2) is 71.4 Å². The van der Waals surface area contributed by atoms with Crippen molar-refractivity contribution >= 4 is 47.2 Å². The van der Waals surface area contributed by atoms with Gasteiger partial charge in [-0.05, 0) is 19.2 Å². The van der Waals surface area contributed by atoms with Gasteiger partial charge in [-0.3, -0.25) is 4.99 Å². The van der Waals surface area contributed by atoms with Crippen molar-refractivity contribution in [1.82, 2.24) is 15.5 Å². The topological polar surface area (TPSA) is 52.1 Å². The highest BCUT2D eigenvalue weighted by atomic mass is 127. The molecule has 0 aromatic heterocycles. The Bertz CT molecular complexity index is 550. The maximum Gasteiger partial charge on any atom is 0.191 e. The van der Waals surface area contributed by atoms with E-state index in [1.54, 1.807) is 14.2 Å². The molecule has 142 valence electrons. The Morgan fingerprint density at radius 2 is 1.96 bits per heavy atom. The summed E-state index contributed by atoms with van der Waals surface area (Å²) in [6.07, 6.45) is 0. The van der Waals surface area contributed by atoms with Gasteiger partial charge in [0, 0.05) is 69.7 Å². The molecule has 0 unspecified atom stereocenters. The van der Waals surface area contributed by atoms with Crippen LogP contribution in [0.5, 0.6) is 0 Å². The maximum absolute atomic E-state index is 6.47. The second kappa shape index (κ2) is 11.8. The van der Waals surface area contributed by atoms with Crippen LogP contribution in [0.2, 0.25) is 5.02 Å². The third-order valence-corrected chi connectivity index (χ3v) is 4.55. The molecule has 0 aliphatic carbocycles. The molecule has 0 amide bonds. The number of nitrogens with one attached hydrogen (secondary N) is 2. The number of anilines is 1. The molecule has 6 nitrogen and oxygen atoms in total. The lowest BCUT2D eigenvalue weighted by Crippen LogP contribution is -2.45. The van der Waals surface area contributed by atoms with Crippen molar-refractivity contribution in [3.05, 3.63) is 28.8 Å². The average molecular weight is 482 g/mol. The van der Waals surface area contributed by atoms with Crippen molar-refractivity contribution in [2.45, 2.75) is 6.54 Å². The van der Waals surface area contributed by atoms with Crippen LogP contribution in [0.4, 0.5) is 5.69 Å². The van der Waals surface area contributed by atoms with Gasteiger partial charge in [0.1, 0.15) is 0 Å². The van der Waals surface area contributed by atoms with E-state index in [1.165, 1.54) is 5.69 Å². The zero-order valence-corrected chi connectivity index (χ0v) is 18.3. The van der Waals surface area contributed by atoms with Crippen LogP contribution in [0, 0.1) is 0 Å². The summed E-state index contributed by atoms with van der Waals surface area (Å²) in [7, 11) is 5.60. The molecule has 25 heavy (non-hydrogen) atoms. The molecule has 1 aliphatic rings. The molecule has 2 N–H and O–H groups in total. The van der Waals surface area contributed by atoms with E-state index in [4.69, 9.17) is 16.3 Å². The third-order valence-electron chi connectivity index (χ3n) is 4.19. The van der Waals surface area contributed by atoms with Crippen LogP contribution in [0.3, 0.4) is 0 Å². The SMILES string of the molecule is CN=C(NCCOC)NCc1c(Cl)cccc1N1CCN(C)CC1.I. The Kier molecular flexibility index (Phi) is 10.5. The Hall–Kier alpha value is -0.770. The second-order valence-electron chi connectivity index (χ2n) is 5.87. The summed E-state index contributed by atoms with van der Waals surface area (Å²) in [4.78, 5) is 8.99. The highest BCUT2D eigenvalue weighted by Gasteiger charge is 2.18. The van der Waals surface area contributed by atoms with Crippen molar-refractivity contribution < 1.29 is 4.74 Å². The van der Waals surface area contributed by atoms with E-state index < -0.39 is 0 Å². The number of nitrogens with zero attached hydrogens (tertiary/aromatic N) is 3. The number of halogens is 2. The monoisotopic (exact) mass is 481 g/mol. The van der Waals surface area contributed by atoms with Crippen molar-refractivity contribution in [2.24, 2.45) is 4.99 Å². The summed E-state index contributed by atoms with van der Waals surface area (Å²) < 4.78 is 5.05. The van der Waals surface area contributed by atoms with Gasteiger partial charge in [0.25, 0.3) is 0 Å². The normalized spacial score (nSPS) is 15.7. The number of hydrogen-bond donors (Lipinski definition) is 2. The van der Waals surface area contributed by atoms with E-state index in [0.717, 1.165) is 42.7 Å². The van der Waals surface area contributed by atoms with Gasteiger partial charge in [-0.1, -0.05) is 17.7 Å². The van der Waals surface area contributed by atoms with Gasteiger partial charge in [-0.15, -0.1) is 24.0 Å². The number of piperazine rings is 1. The lowest BCUT2D eigenvalue weighted by atomic mass is 10.1. The minimum absolute atomic E-state index is 0. The highest BCUT2D eigenvalue weighted by molar-refractivity contribution is 14.0. The van der Waals surface area contributed by atoms with Crippen LogP contribution in [-0.2, 0) is 11.3 Å². The van der Waals surface area contributed by atoms with Crippen LogP contribution >= 0.6 is 35.6 Å². The van der Waals surface area contributed by atoms with E-state index in [0.29, 0.717) is 19.7 Å². The first-order valence-corrected chi connectivity index (χ1v) is 8.68. The predicted molar refractivity (Wildman–Crippen MR) is 117 cm³/mol. The van der Waals surface area contributed by atoms with Crippen molar-refractivity contribution in [2.75, 3.05) is 65.4 Å². The molecule has 1 saturated heterocycles. The minimum Gasteiger partial charge on any atom is -0.383 e. The molecular formula is C17H29ClIN5O. The van der Waals surface area contributed by atoms with Crippen LogP contribution in [0.25, 0.3) is 0 Å². The van der Waals surface area contributed by atoms with Gasteiger partial charge >= 0.3 is 0 Å². The zero-order valence-electron chi connectivity index (χ0n) is 15.2. The van der Waals surface area contributed by atoms with Gasteiger partial charge < -0.3 is 25.2 Å². The first-order chi connectivity index (χ1) is 11.7. The molecule has 0 saturated carbocycles. The molecular weight excluding hydrogens is 453 g/mol. The highest BCUT2D eigenvalue weighted by Crippen LogP contribution is 2.28. The first-order valence-electron chi connectivity index (χ1n) is 8.30. The minimum atomic E-state index is 0. The molecule has 8 heteroatoms. The average Bonchev–Trinajstić information content (AvgIpc) is 2.59. The fourth-order valence-corrected chi connectivity index (χ4v) is 2.97. The fourth-order valence-electron chi connectivity index (χ4n) is 2.73. The summed E-state index contributed by atoms with van der Waals surface area (Å²) in [6.45, 7) is 6.16. The molecule has 1 fully saturated rings. The Balaban J connectivity index is 0.00000312. The molecule has 0 spiro atoms. The molecule has 0 atom stereocenters. The zero-order chi connectivity index (χ0) is 17.4. The molecule has 1 heterocycles. The Morgan fingerprint density at radius 1 is 1.24 bits per heavy atom. The molecule has 0 radical (unpaired) electrons. The lowest BCUT2D eigenvalue weighted by molar-refractivity contribution is 0.203. The summed E-state index contributed by atoms with van der Waals surface area (Å²) in [5.41, 5.74) is 2.31. The van der Waals surface area contributed by atoms with E-state index in [-0.39, 0.29) is 24.0 Å². The van der Waals surface area contributed by atoms with E-state index >= 15 is 0 Å². The van der Waals surface area contributed by atoms with Crippen LogP contribution < -0.4 is 15.5 Å². The lowest BCUT2D eigenvalue weighted by Gasteiger charge is -2.35. The number of methoxy groups -OCH3 is 1. The summed E-state index contributed by atoms with van der Waals surface area (Å²) in [5.74, 6) is 0.747. The standard InChI is InChI=1S/C17H28ClN5O.HI/c1-19-17(20-7-12-24-3)21-13-14-15(18)5-4-6-16(14)23-10-8-22(2)9-11-23;/h4-6H,7-13H2,1-3H3,(H2,19,20,21);1H. The molecule has 1 aromatic carbocycles. The number of hydrogen-bond acceptors (Lipinski definition) is 4. The fraction of sp³-hybridized carbons (Fsp3) is 0.588. The summed E-state index contributed by atoms with van der Waals surface area (Å²) in [6, 6.07) is 6.11. The van der Waals surface area contributed by atoms with Crippen molar-refractivity contribution in [3.8, 4) is 0 Å². The van der Waals surface area contributed by atoms with Crippen LogP contribution in [0.15, 0.2) is 23.2 Å². The molecule has 2 rings (SSSR count). The predicted octanol–water partition coefficient (Wildman–Crippen LogP) is 2.02. The van der Waals surface area contributed by atoms with Gasteiger partial charge in [-0.25, -0.2) is 0 Å². The van der Waals surface area contributed by atoms with Crippen molar-refractivity contribution in [1.29, 1.82) is 0 Å². The van der Waals surface area contributed by atoms with Gasteiger partial charge in [0.05, 0.1) is 6.61 Å². The number of ether oxygens (including phenoxy) is 1. The molecule has 1 aromatic rings. The number of benzene rings is 1. The van der Waals surface area contributed by atoms with E-state index in [1.807, 2.05) is 12.1 Å². The quantitative estimate of drug-likeness (QED) is 0.282. The van der Waals surface area contributed by atoms with E-state index in [2.05, 4.69) is 38.5 Å². The van der Waals surface area contributed by atoms with Gasteiger partial charge in [0.15, 0.2) is 5.96 Å². The van der Waals surface area contributed by atoms with Crippen LogP contribution in [0.1, 0.15) is 5.56 Å². The smallest absolute Gasteiger partial charge is 0.191 e. The number of aliphatic imine (C=N–C) groups is 1. The summed E-state index contributed by atoms with van der Waals surface area (Å²) in [5, 5.41) is 7.33. The number of rotatable bonds is 6.